The van der Waals surface area contributed by atoms with Gasteiger partial charge >= 0.3 is 0 Å². The topological polar surface area (TPSA) is 32.3 Å². The van der Waals surface area contributed by atoms with E-state index in [1.807, 2.05) is 18.2 Å². The van der Waals surface area contributed by atoms with Crippen LogP contribution >= 0.6 is 24.0 Å². The van der Waals surface area contributed by atoms with Crippen molar-refractivity contribution in [2.75, 3.05) is 25.0 Å². The number of hydrogen-bond acceptors (Lipinski definition) is 2. The van der Waals surface area contributed by atoms with E-state index >= 15 is 0 Å². The zero-order valence-corrected chi connectivity index (χ0v) is 12.5. The fourth-order valence-electron chi connectivity index (χ4n) is 2.22. The Morgan fingerprint density at radius 3 is 2.58 bits per heavy atom. The third-order valence-electron chi connectivity index (χ3n) is 3.25. The van der Waals surface area contributed by atoms with Gasteiger partial charge in [0.15, 0.2) is 0 Å². The van der Waals surface area contributed by atoms with Crippen LogP contribution in [0.2, 0.25) is 5.02 Å². The van der Waals surface area contributed by atoms with Crippen molar-refractivity contribution < 1.29 is 4.79 Å². The molecule has 5 heteroatoms. The van der Waals surface area contributed by atoms with Gasteiger partial charge in [-0.1, -0.05) is 30.2 Å². The molecule has 1 amide bonds. The van der Waals surface area contributed by atoms with Crippen molar-refractivity contribution in [3.8, 4) is 0 Å². The third-order valence-corrected chi connectivity index (χ3v) is 3.58. The molecule has 1 N–H and O–H groups in total. The van der Waals surface area contributed by atoms with Crippen molar-refractivity contribution in [2.45, 2.75) is 25.7 Å². The predicted octanol–water partition coefficient (Wildman–Crippen LogP) is 3.58. The number of likely N-dealkylation sites (tertiary alicyclic amines) is 1. The van der Waals surface area contributed by atoms with Crippen LogP contribution < -0.4 is 5.32 Å². The van der Waals surface area contributed by atoms with Crippen LogP contribution in [0.1, 0.15) is 25.7 Å². The molecule has 0 aromatic heterocycles. The minimum Gasteiger partial charge on any atom is -0.325 e. The van der Waals surface area contributed by atoms with Gasteiger partial charge in [-0.3, -0.25) is 4.79 Å². The standard InChI is InChI=1S/C14H19ClN2O.ClH/c15-12-6-2-3-7-13(12)16-14(18)8-11-17-9-4-1-5-10-17;/h2-3,6-7H,1,4-5,8-11H2,(H,16,18);1H. The first kappa shape index (κ1) is 16.3. The lowest BCUT2D eigenvalue weighted by molar-refractivity contribution is -0.116. The number of rotatable bonds is 4. The number of benzene rings is 1. The normalized spacial score (nSPS) is 15.6. The number of halogens is 2. The second-order valence-corrected chi connectivity index (χ2v) is 5.09. The van der Waals surface area contributed by atoms with Gasteiger partial charge in [-0.05, 0) is 38.1 Å². The molecule has 1 aliphatic rings. The van der Waals surface area contributed by atoms with Gasteiger partial charge in [0.25, 0.3) is 0 Å². The van der Waals surface area contributed by atoms with E-state index in [0.717, 1.165) is 19.6 Å². The summed E-state index contributed by atoms with van der Waals surface area (Å²) in [5.41, 5.74) is 0.697. The van der Waals surface area contributed by atoms with E-state index in [1.165, 1.54) is 19.3 Å². The highest BCUT2D eigenvalue weighted by atomic mass is 35.5. The molecule has 1 fully saturated rings. The van der Waals surface area contributed by atoms with E-state index in [-0.39, 0.29) is 18.3 Å². The van der Waals surface area contributed by atoms with Gasteiger partial charge in [-0.15, -0.1) is 12.4 Å². The SMILES string of the molecule is Cl.O=C(CCN1CCCCC1)Nc1ccccc1Cl. The van der Waals surface area contributed by atoms with E-state index in [4.69, 9.17) is 11.6 Å². The molecule has 0 spiro atoms. The summed E-state index contributed by atoms with van der Waals surface area (Å²) in [6.45, 7) is 3.09. The Morgan fingerprint density at radius 1 is 1.21 bits per heavy atom. The van der Waals surface area contributed by atoms with Crippen molar-refractivity contribution >= 4 is 35.6 Å². The summed E-state index contributed by atoms with van der Waals surface area (Å²) >= 11 is 5.99. The number of para-hydroxylation sites is 1. The van der Waals surface area contributed by atoms with Crippen LogP contribution in [0.25, 0.3) is 0 Å². The number of nitrogens with one attached hydrogen (secondary N) is 1. The molecule has 0 bridgehead atoms. The van der Waals surface area contributed by atoms with E-state index in [0.29, 0.717) is 17.1 Å². The summed E-state index contributed by atoms with van der Waals surface area (Å²) in [7, 11) is 0. The zero-order chi connectivity index (χ0) is 12.8. The number of amides is 1. The van der Waals surface area contributed by atoms with Crippen molar-refractivity contribution in [2.24, 2.45) is 0 Å². The molecule has 0 aliphatic carbocycles. The molecule has 0 radical (unpaired) electrons. The summed E-state index contributed by atoms with van der Waals surface area (Å²) in [6, 6.07) is 7.32. The molecule has 1 aromatic carbocycles. The lowest BCUT2D eigenvalue weighted by atomic mass is 10.1. The smallest absolute Gasteiger partial charge is 0.225 e. The van der Waals surface area contributed by atoms with Gasteiger partial charge in [-0.25, -0.2) is 0 Å². The Balaban J connectivity index is 0.00000180. The molecular formula is C14H20Cl2N2O. The molecule has 3 nitrogen and oxygen atoms in total. The largest absolute Gasteiger partial charge is 0.325 e. The van der Waals surface area contributed by atoms with Gasteiger partial charge in [-0.2, -0.15) is 0 Å². The maximum atomic E-state index is 11.8. The molecule has 1 aromatic rings. The maximum absolute atomic E-state index is 11.8. The Kier molecular flexibility index (Phi) is 7.21. The maximum Gasteiger partial charge on any atom is 0.225 e. The first-order chi connectivity index (χ1) is 8.75. The molecule has 0 atom stereocenters. The van der Waals surface area contributed by atoms with Crippen LogP contribution in [-0.2, 0) is 4.79 Å². The fourth-order valence-corrected chi connectivity index (χ4v) is 2.40. The van der Waals surface area contributed by atoms with Gasteiger partial charge in [0.1, 0.15) is 0 Å². The van der Waals surface area contributed by atoms with Crippen LogP contribution in [0.15, 0.2) is 24.3 Å². The minimum absolute atomic E-state index is 0. The number of nitrogens with zero attached hydrogens (tertiary/aromatic N) is 1. The van der Waals surface area contributed by atoms with E-state index in [9.17, 15) is 4.79 Å². The summed E-state index contributed by atoms with van der Waals surface area (Å²) in [4.78, 5) is 14.2. The average Bonchev–Trinajstić information content (AvgIpc) is 2.40. The number of anilines is 1. The lowest BCUT2D eigenvalue weighted by Gasteiger charge is -2.25. The average molecular weight is 303 g/mol. The molecular weight excluding hydrogens is 283 g/mol. The summed E-state index contributed by atoms with van der Waals surface area (Å²) in [6.07, 6.45) is 4.37. The van der Waals surface area contributed by atoms with E-state index < -0.39 is 0 Å². The van der Waals surface area contributed by atoms with E-state index in [2.05, 4.69) is 10.2 Å². The molecule has 1 saturated heterocycles. The number of carbonyl (C=O) groups excluding carboxylic acids is 1. The molecule has 0 unspecified atom stereocenters. The van der Waals surface area contributed by atoms with Crippen LogP contribution in [0.5, 0.6) is 0 Å². The highest BCUT2D eigenvalue weighted by Crippen LogP contribution is 2.20. The third kappa shape index (κ3) is 5.39. The second-order valence-electron chi connectivity index (χ2n) is 4.68. The molecule has 106 valence electrons. The molecule has 0 saturated carbocycles. The fraction of sp³-hybridized carbons (Fsp3) is 0.500. The summed E-state index contributed by atoms with van der Waals surface area (Å²) in [5, 5.41) is 3.44. The molecule has 19 heavy (non-hydrogen) atoms. The molecule has 1 aliphatic heterocycles. The van der Waals surface area contributed by atoms with Crippen molar-refractivity contribution in [1.82, 2.24) is 4.90 Å². The number of hydrogen-bond donors (Lipinski definition) is 1. The van der Waals surface area contributed by atoms with Crippen molar-refractivity contribution in [3.63, 3.8) is 0 Å². The van der Waals surface area contributed by atoms with Crippen LogP contribution in [0.4, 0.5) is 5.69 Å². The Hall–Kier alpha value is -0.770. The predicted molar refractivity (Wildman–Crippen MR) is 82.2 cm³/mol. The monoisotopic (exact) mass is 302 g/mol. The molecule has 2 rings (SSSR count). The first-order valence-electron chi connectivity index (χ1n) is 6.52. The van der Waals surface area contributed by atoms with E-state index in [1.54, 1.807) is 6.07 Å². The Bertz CT molecular complexity index is 406. The van der Waals surface area contributed by atoms with Gasteiger partial charge in [0.2, 0.25) is 5.91 Å². The minimum atomic E-state index is 0. The second kappa shape index (κ2) is 8.41. The highest BCUT2D eigenvalue weighted by Gasteiger charge is 2.12. The van der Waals surface area contributed by atoms with Crippen LogP contribution in [0.3, 0.4) is 0 Å². The lowest BCUT2D eigenvalue weighted by Crippen LogP contribution is -2.32. The van der Waals surface area contributed by atoms with Gasteiger partial charge < -0.3 is 10.2 Å². The van der Waals surface area contributed by atoms with Gasteiger partial charge in [0, 0.05) is 13.0 Å². The highest BCUT2D eigenvalue weighted by molar-refractivity contribution is 6.33. The van der Waals surface area contributed by atoms with Crippen LogP contribution in [0, 0.1) is 0 Å². The molecule has 1 heterocycles. The van der Waals surface area contributed by atoms with Gasteiger partial charge in [0.05, 0.1) is 10.7 Å². The Morgan fingerprint density at radius 2 is 1.89 bits per heavy atom. The van der Waals surface area contributed by atoms with Crippen LogP contribution in [-0.4, -0.2) is 30.4 Å². The number of piperidine rings is 1. The zero-order valence-electron chi connectivity index (χ0n) is 10.9. The summed E-state index contributed by atoms with van der Waals surface area (Å²) in [5.74, 6) is 0.0358. The number of carbonyl (C=O) groups is 1. The quantitative estimate of drug-likeness (QED) is 0.922. The van der Waals surface area contributed by atoms with Crippen molar-refractivity contribution in [3.05, 3.63) is 29.3 Å². The first-order valence-corrected chi connectivity index (χ1v) is 6.90. The Labute approximate surface area is 125 Å². The summed E-state index contributed by atoms with van der Waals surface area (Å²) < 4.78 is 0. The van der Waals surface area contributed by atoms with Crippen molar-refractivity contribution in [1.29, 1.82) is 0 Å².